The van der Waals surface area contributed by atoms with E-state index in [1.54, 1.807) is 0 Å². The number of fused-ring (bicyclic) bond motifs is 6. The summed E-state index contributed by atoms with van der Waals surface area (Å²) in [5.41, 5.74) is 7.85. The standard InChI is InChI=1S/C48H29N7O/c1-4-15-30(16-5-1)43-49-44(31-17-6-2-7-18-31)51-46(50-43)33-27-28-36-41(29-33)56-40-26-14-23-37(42(36)40)47-52-45(32-19-8-3-9-20-32)53-48(54-47)55-38-24-12-10-21-34(38)35-22-11-13-25-39(35)55/h1-29H. The summed E-state index contributed by atoms with van der Waals surface area (Å²) in [6.45, 7) is 0. The molecule has 0 atom stereocenters. The van der Waals surface area contributed by atoms with Gasteiger partial charge in [-0.15, -0.1) is 0 Å². The Morgan fingerprint density at radius 1 is 0.339 bits per heavy atom. The summed E-state index contributed by atoms with van der Waals surface area (Å²) in [7, 11) is 0. The molecule has 0 N–H and O–H groups in total. The Kier molecular flexibility index (Phi) is 7.31. The molecule has 7 aromatic carbocycles. The van der Waals surface area contributed by atoms with Gasteiger partial charge >= 0.3 is 0 Å². The van der Waals surface area contributed by atoms with E-state index in [9.17, 15) is 0 Å². The molecule has 0 bridgehead atoms. The number of aromatic nitrogens is 7. The van der Waals surface area contributed by atoms with Gasteiger partial charge in [0.1, 0.15) is 11.2 Å². The third-order valence-electron chi connectivity index (χ3n) is 10.1. The minimum atomic E-state index is 0.539. The molecule has 0 unspecified atom stereocenters. The van der Waals surface area contributed by atoms with E-state index in [0.717, 1.165) is 66.0 Å². The van der Waals surface area contributed by atoms with Crippen LogP contribution in [0.1, 0.15) is 0 Å². The van der Waals surface area contributed by atoms with Gasteiger partial charge in [0.05, 0.1) is 11.0 Å². The third kappa shape index (κ3) is 5.31. The van der Waals surface area contributed by atoms with Crippen LogP contribution < -0.4 is 0 Å². The first kappa shape index (κ1) is 31.7. The molecule has 4 aromatic heterocycles. The van der Waals surface area contributed by atoms with Crippen LogP contribution in [-0.2, 0) is 0 Å². The molecule has 0 aliphatic rings. The normalized spacial score (nSPS) is 11.6. The first-order valence-electron chi connectivity index (χ1n) is 18.4. The summed E-state index contributed by atoms with van der Waals surface area (Å²) in [6, 6.07) is 58.9. The van der Waals surface area contributed by atoms with E-state index in [1.165, 1.54) is 0 Å². The molecule has 0 saturated carbocycles. The van der Waals surface area contributed by atoms with Crippen molar-refractivity contribution in [2.45, 2.75) is 0 Å². The molecule has 4 heterocycles. The van der Waals surface area contributed by atoms with Gasteiger partial charge in [0.2, 0.25) is 5.95 Å². The fourth-order valence-corrected chi connectivity index (χ4v) is 7.53. The Morgan fingerprint density at radius 3 is 1.41 bits per heavy atom. The lowest BCUT2D eigenvalue weighted by Gasteiger charge is -2.11. The number of rotatable bonds is 6. The van der Waals surface area contributed by atoms with Crippen LogP contribution in [0.5, 0.6) is 0 Å². The van der Waals surface area contributed by atoms with Crippen LogP contribution in [0.2, 0.25) is 0 Å². The van der Waals surface area contributed by atoms with E-state index in [4.69, 9.17) is 34.3 Å². The molecule has 0 spiro atoms. The molecule has 0 fully saturated rings. The van der Waals surface area contributed by atoms with Gasteiger partial charge in [-0.25, -0.2) is 19.9 Å². The molecule has 56 heavy (non-hydrogen) atoms. The zero-order chi connectivity index (χ0) is 37.0. The van der Waals surface area contributed by atoms with Crippen LogP contribution in [0, 0.1) is 0 Å². The van der Waals surface area contributed by atoms with E-state index >= 15 is 0 Å². The molecule has 11 aromatic rings. The molecule has 0 amide bonds. The van der Waals surface area contributed by atoms with Crippen molar-refractivity contribution in [3.63, 3.8) is 0 Å². The van der Waals surface area contributed by atoms with Crippen molar-refractivity contribution in [2.75, 3.05) is 0 Å². The number of furan rings is 1. The van der Waals surface area contributed by atoms with Crippen LogP contribution in [0.25, 0.3) is 107 Å². The van der Waals surface area contributed by atoms with Crippen molar-refractivity contribution in [1.82, 2.24) is 34.5 Å². The average molecular weight is 720 g/mol. The predicted molar refractivity (Wildman–Crippen MR) is 222 cm³/mol. The highest BCUT2D eigenvalue weighted by Gasteiger charge is 2.21. The summed E-state index contributed by atoms with van der Waals surface area (Å²) >= 11 is 0. The number of para-hydroxylation sites is 2. The molecular formula is C48H29N7O. The van der Waals surface area contributed by atoms with Gasteiger partial charge in [0.15, 0.2) is 29.1 Å². The van der Waals surface area contributed by atoms with E-state index in [1.807, 2.05) is 127 Å². The van der Waals surface area contributed by atoms with Gasteiger partial charge in [-0.2, -0.15) is 9.97 Å². The number of hydrogen-bond donors (Lipinski definition) is 0. The third-order valence-corrected chi connectivity index (χ3v) is 10.1. The molecule has 0 radical (unpaired) electrons. The van der Waals surface area contributed by atoms with Gasteiger partial charge in [-0.1, -0.05) is 146 Å². The maximum absolute atomic E-state index is 6.59. The SMILES string of the molecule is c1ccc(-c2nc(-c3ccccc3)nc(-c3ccc4c(c3)oc3cccc(-c5nc(-c6ccccc6)nc(-n6c7ccccc7c7ccccc76)n5)c34)n2)cc1. The van der Waals surface area contributed by atoms with Crippen LogP contribution >= 0.6 is 0 Å². The van der Waals surface area contributed by atoms with Crippen LogP contribution in [0.3, 0.4) is 0 Å². The zero-order valence-corrected chi connectivity index (χ0v) is 29.8. The van der Waals surface area contributed by atoms with Crippen molar-refractivity contribution >= 4 is 43.7 Å². The zero-order valence-electron chi connectivity index (χ0n) is 29.8. The van der Waals surface area contributed by atoms with Gasteiger partial charge in [-0.05, 0) is 30.3 Å². The first-order chi connectivity index (χ1) is 27.7. The van der Waals surface area contributed by atoms with E-state index in [-0.39, 0.29) is 0 Å². The Balaban J connectivity index is 1.10. The van der Waals surface area contributed by atoms with Crippen molar-refractivity contribution in [2.24, 2.45) is 0 Å². The highest BCUT2D eigenvalue weighted by atomic mass is 16.3. The summed E-state index contributed by atoms with van der Waals surface area (Å²) in [6.07, 6.45) is 0. The average Bonchev–Trinajstić information content (AvgIpc) is 3.83. The summed E-state index contributed by atoms with van der Waals surface area (Å²) < 4.78 is 8.72. The van der Waals surface area contributed by atoms with E-state index in [2.05, 4.69) is 53.1 Å². The second kappa shape index (κ2) is 12.9. The van der Waals surface area contributed by atoms with E-state index < -0.39 is 0 Å². The Bertz CT molecular complexity index is 3140. The van der Waals surface area contributed by atoms with Crippen LogP contribution in [0.15, 0.2) is 180 Å². The van der Waals surface area contributed by atoms with Gasteiger partial charge in [0, 0.05) is 49.4 Å². The van der Waals surface area contributed by atoms with Gasteiger partial charge in [-0.3, -0.25) is 4.57 Å². The first-order valence-corrected chi connectivity index (χ1v) is 18.4. The Labute approximate surface area is 320 Å². The van der Waals surface area contributed by atoms with E-state index in [0.29, 0.717) is 40.7 Å². The number of hydrogen-bond acceptors (Lipinski definition) is 7. The molecule has 0 aliphatic carbocycles. The molecular weight excluding hydrogens is 691 g/mol. The van der Waals surface area contributed by atoms with Crippen molar-refractivity contribution < 1.29 is 4.42 Å². The predicted octanol–water partition coefficient (Wildman–Crippen LogP) is 11.4. The van der Waals surface area contributed by atoms with Gasteiger partial charge in [0.25, 0.3) is 0 Å². The molecule has 8 heteroatoms. The lowest BCUT2D eigenvalue weighted by atomic mass is 10.0. The minimum Gasteiger partial charge on any atom is -0.456 e. The topological polar surface area (TPSA) is 95.4 Å². The Hall–Kier alpha value is -7.84. The quantitative estimate of drug-likeness (QED) is 0.169. The molecule has 262 valence electrons. The fourth-order valence-electron chi connectivity index (χ4n) is 7.53. The second-order valence-corrected chi connectivity index (χ2v) is 13.5. The lowest BCUT2D eigenvalue weighted by Crippen LogP contribution is -2.06. The maximum Gasteiger partial charge on any atom is 0.238 e. The lowest BCUT2D eigenvalue weighted by molar-refractivity contribution is 0.669. The maximum atomic E-state index is 6.59. The molecule has 11 rings (SSSR count). The van der Waals surface area contributed by atoms with Crippen LogP contribution in [-0.4, -0.2) is 34.5 Å². The molecule has 0 aliphatic heterocycles. The Morgan fingerprint density at radius 2 is 0.821 bits per heavy atom. The highest BCUT2D eigenvalue weighted by Crippen LogP contribution is 2.39. The summed E-state index contributed by atoms with van der Waals surface area (Å²) in [4.78, 5) is 30.2. The largest absolute Gasteiger partial charge is 0.456 e. The molecule has 0 saturated heterocycles. The summed E-state index contributed by atoms with van der Waals surface area (Å²) in [5.74, 6) is 3.43. The second-order valence-electron chi connectivity index (χ2n) is 13.5. The minimum absolute atomic E-state index is 0.539. The number of nitrogens with zero attached hydrogens (tertiary/aromatic N) is 7. The van der Waals surface area contributed by atoms with Crippen molar-refractivity contribution in [3.8, 4) is 62.9 Å². The smallest absolute Gasteiger partial charge is 0.238 e. The van der Waals surface area contributed by atoms with Crippen molar-refractivity contribution in [3.05, 3.63) is 176 Å². The van der Waals surface area contributed by atoms with Crippen molar-refractivity contribution in [1.29, 1.82) is 0 Å². The monoisotopic (exact) mass is 719 g/mol. The molecule has 8 nitrogen and oxygen atoms in total. The summed E-state index contributed by atoms with van der Waals surface area (Å²) in [5, 5.41) is 4.11. The fraction of sp³-hybridized carbons (Fsp3) is 0. The van der Waals surface area contributed by atoms with Crippen LogP contribution in [0.4, 0.5) is 0 Å². The van der Waals surface area contributed by atoms with Gasteiger partial charge < -0.3 is 4.42 Å². The number of benzene rings is 7. The highest BCUT2D eigenvalue weighted by molar-refractivity contribution is 6.12.